The molecule has 6 heteroatoms. The number of aryl methyl sites for hydroxylation is 2. The van der Waals surface area contributed by atoms with Gasteiger partial charge in [-0.25, -0.2) is 4.98 Å². The zero-order valence-electron chi connectivity index (χ0n) is 14.0. The number of carbonyl (C=O) groups is 1. The minimum Gasteiger partial charge on any atom is -0.373 e. The van der Waals surface area contributed by atoms with Crippen LogP contribution in [0.25, 0.3) is 0 Å². The third-order valence-corrected chi connectivity index (χ3v) is 4.58. The van der Waals surface area contributed by atoms with Gasteiger partial charge in [-0.05, 0) is 32.4 Å². The normalized spacial score (nSPS) is 20.7. The maximum atomic E-state index is 12.9. The SMILES string of the molecule is Cc1nn(C)c(C)c1[C@H]1OCC[C@@H]1C(=O)N(C)c1ccccn1. The fourth-order valence-corrected chi connectivity index (χ4v) is 3.24. The summed E-state index contributed by atoms with van der Waals surface area (Å²) in [6.07, 6.45) is 2.17. The fourth-order valence-electron chi connectivity index (χ4n) is 3.24. The Morgan fingerprint density at radius 1 is 1.39 bits per heavy atom. The molecule has 122 valence electrons. The molecule has 23 heavy (non-hydrogen) atoms. The van der Waals surface area contributed by atoms with E-state index in [-0.39, 0.29) is 17.9 Å². The lowest BCUT2D eigenvalue weighted by Crippen LogP contribution is -2.35. The molecule has 0 spiro atoms. The van der Waals surface area contributed by atoms with Gasteiger partial charge >= 0.3 is 0 Å². The van der Waals surface area contributed by atoms with Crippen LogP contribution >= 0.6 is 0 Å². The summed E-state index contributed by atoms with van der Waals surface area (Å²) in [5.41, 5.74) is 3.01. The van der Waals surface area contributed by atoms with Gasteiger partial charge in [0.2, 0.25) is 5.91 Å². The smallest absolute Gasteiger partial charge is 0.234 e. The van der Waals surface area contributed by atoms with E-state index >= 15 is 0 Å². The first-order valence-corrected chi connectivity index (χ1v) is 7.81. The molecule has 2 aromatic rings. The molecule has 0 aliphatic carbocycles. The van der Waals surface area contributed by atoms with Crippen molar-refractivity contribution in [1.29, 1.82) is 0 Å². The van der Waals surface area contributed by atoms with Crippen LogP contribution in [-0.2, 0) is 16.6 Å². The summed E-state index contributed by atoms with van der Waals surface area (Å²) in [6.45, 7) is 4.57. The molecule has 1 aliphatic rings. The topological polar surface area (TPSA) is 60.3 Å². The Morgan fingerprint density at radius 2 is 2.17 bits per heavy atom. The predicted molar refractivity (Wildman–Crippen MR) is 87.1 cm³/mol. The van der Waals surface area contributed by atoms with Crippen LogP contribution in [0.1, 0.15) is 29.5 Å². The Morgan fingerprint density at radius 3 is 2.78 bits per heavy atom. The minimum absolute atomic E-state index is 0.0360. The molecule has 1 saturated heterocycles. The van der Waals surface area contributed by atoms with Crippen molar-refractivity contribution in [3.63, 3.8) is 0 Å². The number of pyridine rings is 1. The predicted octanol–water partition coefficient (Wildman–Crippen LogP) is 2.17. The van der Waals surface area contributed by atoms with Crippen LogP contribution < -0.4 is 4.90 Å². The summed E-state index contributed by atoms with van der Waals surface area (Å²) in [7, 11) is 3.68. The first kappa shape index (κ1) is 15.7. The zero-order chi connectivity index (χ0) is 16.6. The van der Waals surface area contributed by atoms with Crippen LogP contribution in [0.2, 0.25) is 0 Å². The maximum Gasteiger partial charge on any atom is 0.234 e. The molecule has 3 heterocycles. The van der Waals surface area contributed by atoms with Crippen LogP contribution in [0.3, 0.4) is 0 Å². The summed E-state index contributed by atoms with van der Waals surface area (Å²) < 4.78 is 7.76. The molecule has 0 saturated carbocycles. The van der Waals surface area contributed by atoms with E-state index in [4.69, 9.17) is 4.74 Å². The highest BCUT2D eigenvalue weighted by atomic mass is 16.5. The van der Waals surface area contributed by atoms with E-state index in [1.807, 2.05) is 43.8 Å². The van der Waals surface area contributed by atoms with Crippen LogP contribution in [0.5, 0.6) is 0 Å². The Labute approximate surface area is 136 Å². The lowest BCUT2D eigenvalue weighted by molar-refractivity contribution is -0.123. The van der Waals surface area contributed by atoms with Gasteiger partial charge in [0.15, 0.2) is 0 Å². The average Bonchev–Trinajstić information content (AvgIpc) is 3.12. The van der Waals surface area contributed by atoms with Gasteiger partial charge in [-0.15, -0.1) is 0 Å². The lowest BCUT2D eigenvalue weighted by Gasteiger charge is -2.24. The number of nitrogens with zero attached hydrogens (tertiary/aromatic N) is 4. The zero-order valence-corrected chi connectivity index (χ0v) is 14.0. The van der Waals surface area contributed by atoms with Gasteiger partial charge in [0.05, 0.1) is 17.7 Å². The number of aromatic nitrogens is 3. The molecule has 2 aromatic heterocycles. The lowest BCUT2D eigenvalue weighted by atomic mass is 9.93. The van der Waals surface area contributed by atoms with Crippen molar-refractivity contribution in [3.8, 4) is 0 Å². The number of hydrogen-bond acceptors (Lipinski definition) is 4. The second-order valence-corrected chi connectivity index (χ2v) is 5.98. The molecule has 6 nitrogen and oxygen atoms in total. The molecular weight excluding hydrogens is 292 g/mol. The Hall–Kier alpha value is -2.21. The third kappa shape index (κ3) is 2.74. The molecule has 0 N–H and O–H groups in total. The summed E-state index contributed by atoms with van der Waals surface area (Å²) in [6, 6.07) is 5.55. The van der Waals surface area contributed by atoms with Crippen molar-refractivity contribution >= 4 is 11.7 Å². The minimum atomic E-state index is -0.234. The van der Waals surface area contributed by atoms with Crippen molar-refractivity contribution in [1.82, 2.24) is 14.8 Å². The first-order chi connectivity index (χ1) is 11.0. The summed E-state index contributed by atoms with van der Waals surface area (Å²) in [4.78, 5) is 18.8. The number of hydrogen-bond donors (Lipinski definition) is 0. The van der Waals surface area contributed by atoms with E-state index in [0.29, 0.717) is 18.8 Å². The van der Waals surface area contributed by atoms with E-state index in [0.717, 1.165) is 17.0 Å². The standard InChI is InChI=1S/C17H22N4O2/c1-11-15(12(2)21(4)19-11)16-13(8-10-23-16)17(22)20(3)14-7-5-6-9-18-14/h5-7,9,13,16H,8,10H2,1-4H3/t13-,16-/m0/s1. The number of carbonyl (C=O) groups excluding carboxylic acids is 1. The van der Waals surface area contributed by atoms with Gasteiger partial charge in [0, 0.05) is 38.2 Å². The van der Waals surface area contributed by atoms with Gasteiger partial charge in [-0.1, -0.05) is 6.07 Å². The molecule has 0 radical (unpaired) electrons. The van der Waals surface area contributed by atoms with E-state index in [1.165, 1.54) is 0 Å². The number of ether oxygens (including phenoxy) is 1. The molecule has 1 aliphatic heterocycles. The average molecular weight is 314 g/mol. The van der Waals surface area contributed by atoms with Crippen LogP contribution in [-0.4, -0.2) is 34.3 Å². The van der Waals surface area contributed by atoms with Crippen molar-refractivity contribution < 1.29 is 9.53 Å². The van der Waals surface area contributed by atoms with Crippen molar-refractivity contribution in [2.24, 2.45) is 13.0 Å². The molecular formula is C17H22N4O2. The highest BCUT2D eigenvalue weighted by Gasteiger charge is 2.39. The Kier molecular flexibility index (Phi) is 4.17. The summed E-state index contributed by atoms with van der Waals surface area (Å²) >= 11 is 0. The monoisotopic (exact) mass is 314 g/mol. The van der Waals surface area contributed by atoms with Gasteiger partial charge in [0.25, 0.3) is 0 Å². The highest BCUT2D eigenvalue weighted by molar-refractivity contribution is 5.94. The largest absolute Gasteiger partial charge is 0.373 e. The molecule has 0 bridgehead atoms. The number of amides is 1. The van der Waals surface area contributed by atoms with E-state index in [9.17, 15) is 4.79 Å². The second-order valence-electron chi connectivity index (χ2n) is 5.98. The molecule has 2 atom stereocenters. The third-order valence-electron chi connectivity index (χ3n) is 4.58. The van der Waals surface area contributed by atoms with Gasteiger partial charge in [-0.2, -0.15) is 5.10 Å². The van der Waals surface area contributed by atoms with Crippen molar-refractivity contribution in [2.45, 2.75) is 26.4 Å². The molecule has 3 rings (SSSR count). The number of anilines is 1. The van der Waals surface area contributed by atoms with Crippen LogP contribution in [0.4, 0.5) is 5.82 Å². The summed E-state index contributed by atoms with van der Waals surface area (Å²) in [5.74, 6) is 0.486. The van der Waals surface area contributed by atoms with E-state index < -0.39 is 0 Å². The van der Waals surface area contributed by atoms with E-state index in [2.05, 4.69) is 10.1 Å². The Balaban J connectivity index is 1.88. The van der Waals surface area contributed by atoms with Crippen LogP contribution in [0, 0.1) is 19.8 Å². The molecule has 0 aromatic carbocycles. The van der Waals surface area contributed by atoms with E-state index in [1.54, 1.807) is 18.1 Å². The Bertz CT molecular complexity index is 711. The molecule has 1 fully saturated rings. The van der Waals surface area contributed by atoms with Gasteiger partial charge in [-0.3, -0.25) is 14.4 Å². The first-order valence-electron chi connectivity index (χ1n) is 7.81. The van der Waals surface area contributed by atoms with Crippen molar-refractivity contribution in [2.75, 3.05) is 18.6 Å². The van der Waals surface area contributed by atoms with Gasteiger partial charge in [0.1, 0.15) is 5.82 Å². The quantitative estimate of drug-likeness (QED) is 0.871. The summed E-state index contributed by atoms with van der Waals surface area (Å²) in [5, 5.41) is 4.45. The molecule has 1 amide bonds. The maximum absolute atomic E-state index is 12.9. The van der Waals surface area contributed by atoms with Gasteiger partial charge < -0.3 is 4.74 Å². The van der Waals surface area contributed by atoms with Crippen LogP contribution in [0.15, 0.2) is 24.4 Å². The fraction of sp³-hybridized carbons (Fsp3) is 0.471. The highest BCUT2D eigenvalue weighted by Crippen LogP contribution is 2.38. The second kappa shape index (κ2) is 6.12. The molecule has 0 unspecified atom stereocenters. The number of rotatable bonds is 3. The van der Waals surface area contributed by atoms with Crippen molar-refractivity contribution in [3.05, 3.63) is 41.3 Å².